The van der Waals surface area contributed by atoms with Crippen LogP contribution in [-0.2, 0) is 6.54 Å². The van der Waals surface area contributed by atoms with Crippen molar-refractivity contribution in [2.75, 3.05) is 13.1 Å². The fourth-order valence-electron chi connectivity index (χ4n) is 2.45. The van der Waals surface area contributed by atoms with E-state index in [1.54, 1.807) is 9.47 Å². The summed E-state index contributed by atoms with van der Waals surface area (Å²) in [4.78, 5) is 13.9. The molecule has 0 saturated heterocycles. The molecule has 1 aliphatic rings. The van der Waals surface area contributed by atoms with Gasteiger partial charge in [-0.25, -0.2) is 0 Å². The van der Waals surface area contributed by atoms with E-state index in [-0.39, 0.29) is 5.91 Å². The van der Waals surface area contributed by atoms with E-state index in [4.69, 9.17) is 0 Å². The van der Waals surface area contributed by atoms with Gasteiger partial charge >= 0.3 is 0 Å². The molecule has 0 spiro atoms. The van der Waals surface area contributed by atoms with Crippen LogP contribution < -0.4 is 0 Å². The Hall–Kier alpha value is -2.21. The topological polar surface area (TPSA) is 71.2 Å². The van der Waals surface area contributed by atoms with Gasteiger partial charge in [-0.15, -0.1) is 10.2 Å². The molecule has 3 rings (SSSR count). The molecule has 1 aliphatic heterocycles. The number of nitrogens with zero attached hydrogens (tertiary/aromatic N) is 4. The van der Waals surface area contributed by atoms with Crippen molar-refractivity contribution >= 4 is 5.91 Å². The summed E-state index contributed by atoms with van der Waals surface area (Å²) in [7, 11) is 0. The lowest BCUT2D eigenvalue weighted by molar-refractivity contribution is 0.0702. The Morgan fingerprint density at radius 2 is 2.00 bits per heavy atom. The zero-order valence-corrected chi connectivity index (χ0v) is 11.2. The monoisotopic (exact) mass is 272 g/mol. The van der Waals surface area contributed by atoms with Gasteiger partial charge in [-0.05, 0) is 12.5 Å². The number of likely N-dealkylation sites (N-methyl/N-ethyl adjacent to an activating group) is 1. The molecule has 0 fully saturated rings. The maximum absolute atomic E-state index is 12.1. The molecular weight excluding hydrogens is 256 g/mol. The number of aromatic nitrogens is 3. The lowest BCUT2D eigenvalue weighted by Gasteiger charge is -2.26. The van der Waals surface area contributed by atoms with Crippen LogP contribution in [0.4, 0.5) is 0 Å². The van der Waals surface area contributed by atoms with E-state index in [0.717, 1.165) is 5.56 Å². The molecular formula is C14H16N4O2. The van der Waals surface area contributed by atoms with Crippen molar-refractivity contribution in [1.82, 2.24) is 19.7 Å². The number of benzene rings is 1. The average Bonchev–Trinajstić information content (AvgIpc) is 2.92. The van der Waals surface area contributed by atoms with E-state index in [9.17, 15) is 9.90 Å². The molecule has 1 aromatic heterocycles. The van der Waals surface area contributed by atoms with Crippen molar-refractivity contribution < 1.29 is 9.90 Å². The van der Waals surface area contributed by atoms with Crippen LogP contribution in [0, 0.1) is 0 Å². The third kappa shape index (κ3) is 1.98. The van der Waals surface area contributed by atoms with Gasteiger partial charge in [-0.2, -0.15) is 0 Å². The molecule has 0 aliphatic carbocycles. The summed E-state index contributed by atoms with van der Waals surface area (Å²) in [6, 6.07) is 9.26. The standard InChI is InChI=1S/C14H16N4O2/c1-2-17-8-9-18-12(15-16-13(18)14(17)20)11(19)10-6-4-3-5-7-10/h3-7,11,19H,2,8-9H2,1H3. The molecule has 1 unspecified atom stereocenters. The van der Waals surface area contributed by atoms with Gasteiger partial charge in [-0.3, -0.25) is 4.79 Å². The predicted molar refractivity (Wildman–Crippen MR) is 72.1 cm³/mol. The quantitative estimate of drug-likeness (QED) is 0.898. The van der Waals surface area contributed by atoms with E-state index >= 15 is 0 Å². The number of hydrogen-bond donors (Lipinski definition) is 1. The molecule has 0 bridgehead atoms. The highest BCUT2D eigenvalue weighted by molar-refractivity contribution is 5.91. The minimum absolute atomic E-state index is 0.127. The smallest absolute Gasteiger partial charge is 0.291 e. The first-order valence-corrected chi connectivity index (χ1v) is 6.67. The van der Waals surface area contributed by atoms with Crippen molar-refractivity contribution in [3.63, 3.8) is 0 Å². The summed E-state index contributed by atoms with van der Waals surface area (Å²) in [6.07, 6.45) is -0.863. The van der Waals surface area contributed by atoms with Gasteiger partial charge in [0, 0.05) is 19.6 Å². The molecule has 2 aromatic rings. The average molecular weight is 272 g/mol. The van der Waals surface area contributed by atoms with Gasteiger partial charge in [0.1, 0.15) is 6.10 Å². The third-order valence-electron chi connectivity index (χ3n) is 3.59. The lowest BCUT2D eigenvalue weighted by Crippen LogP contribution is -2.40. The fourth-order valence-corrected chi connectivity index (χ4v) is 2.45. The molecule has 6 heteroatoms. The minimum Gasteiger partial charge on any atom is -0.380 e. The molecule has 1 N–H and O–H groups in total. The summed E-state index contributed by atoms with van der Waals surface area (Å²) < 4.78 is 1.71. The van der Waals surface area contributed by atoms with E-state index < -0.39 is 6.10 Å². The Morgan fingerprint density at radius 1 is 1.25 bits per heavy atom. The van der Waals surface area contributed by atoms with Crippen LogP contribution in [0.15, 0.2) is 30.3 Å². The highest BCUT2D eigenvalue weighted by Gasteiger charge is 2.30. The van der Waals surface area contributed by atoms with Crippen LogP contribution in [-0.4, -0.2) is 43.8 Å². The Labute approximate surface area is 116 Å². The number of aliphatic hydroxyl groups excluding tert-OH is 1. The molecule has 6 nitrogen and oxygen atoms in total. The molecule has 20 heavy (non-hydrogen) atoms. The molecule has 0 saturated carbocycles. The molecule has 104 valence electrons. The van der Waals surface area contributed by atoms with Gasteiger partial charge in [0.05, 0.1) is 0 Å². The number of carbonyl (C=O) groups is 1. The molecule has 2 heterocycles. The van der Waals surface area contributed by atoms with Gasteiger partial charge < -0.3 is 14.6 Å². The van der Waals surface area contributed by atoms with Crippen molar-refractivity contribution in [3.8, 4) is 0 Å². The number of rotatable bonds is 3. The Bertz CT molecular complexity index is 623. The van der Waals surface area contributed by atoms with Crippen LogP contribution in [0.1, 0.15) is 35.0 Å². The van der Waals surface area contributed by atoms with E-state index in [1.807, 2.05) is 37.3 Å². The van der Waals surface area contributed by atoms with Crippen LogP contribution in [0.25, 0.3) is 0 Å². The largest absolute Gasteiger partial charge is 0.380 e. The summed E-state index contributed by atoms with van der Waals surface area (Å²) in [6.45, 7) is 3.82. The number of fused-ring (bicyclic) bond motifs is 1. The van der Waals surface area contributed by atoms with Crippen molar-refractivity contribution in [3.05, 3.63) is 47.5 Å². The number of carbonyl (C=O) groups excluding carboxylic acids is 1. The zero-order valence-electron chi connectivity index (χ0n) is 11.2. The van der Waals surface area contributed by atoms with E-state index in [1.165, 1.54) is 0 Å². The van der Waals surface area contributed by atoms with Gasteiger partial charge in [0.25, 0.3) is 5.91 Å². The van der Waals surface area contributed by atoms with Crippen molar-refractivity contribution in [1.29, 1.82) is 0 Å². The van der Waals surface area contributed by atoms with Crippen molar-refractivity contribution in [2.24, 2.45) is 0 Å². The van der Waals surface area contributed by atoms with Gasteiger partial charge in [-0.1, -0.05) is 30.3 Å². The maximum atomic E-state index is 12.1. The van der Waals surface area contributed by atoms with E-state index in [0.29, 0.717) is 31.3 Å². The molecule has 1 atom stereocenters. The van der Waals surface area contributed by atoms with Crippen LogP contribution in [0.5, 0.6) is 0 Å². The first kappa shape index (κ1) is 12.8. The first-order chi connectivity index (χ1) is 9.72. The summed E-state index contributed by atoms with van der Waals surface area (Å²) in [5.74, 6) is 0.608. The highest BCUT2D eigenvalue weighted by atomic mass is 16.3. The van der Waals surface area contributed by atoms with Crippen LogP contribution in [0.2, 0.25) is 0 Å². The highest BCUT2D eigenvalue weighted by Crippen LogP contribution is 2.22. The van der Waals surface area contributed by atoms with Gasteiger partial charge in [0.2, 0.25) is 5.82 Å². The minimum atomic E-state index is -0.863. The second-order valence-corrected chi connectivity index (χ2v) is 4.73. The third-order valence-corrected chi connectivity index (χ3v) is 3.59. The SMILES string of the molecule is CCN1CCn2c(nnc2C(O)c2ccccc2)C1=O. The van der Waals surface area contributed by atoms with Crippen LogP contribution in [0.3, 0.4) is 0 Å². The first-order valence-electron chi connectivity index (χ1n) is 6.67. The lowest BCUT2D eigenvalue weighted by atomic mass is 10.1. The zero-order chi connectivity index (χ0) is 14.1. The number of hydrogen-bond acceptors (Lipinski definition) is 4. The van der Waals surface area contributed by atoms with E-state index in [2.05, 4.69) is 10.2 Å². The fraction of sp³-hybridized carbons (Fsp3) is 0.357. The second-order valence-electron chi connectivity index (χ2n) is 4.73. The molecule has 0 radical (unpaired) electrons. The number of aliphatic hydroxyl groups is 1. The normalized spacial score (nSPS) is 16.1. The Balaban J connectivity index is 1.96. The maximum Gasteiger partial charge on any atom is 0.291 e. The van der Waals surface area contributed by atoms with Crippen molar-refractivity contribution in [2.45, 2.75) is 19.6 Å². The number of amides is 1. The summed E-state index contributed by atoms with van der Waals surface area (Å²) >= 11 is 0. The van der Waals surface area contributed by atoms with Crippen LogP contribution >= 0.6 is 0 Å². The molecule has 1 amide bonds. The Morgan fingerprint density at radius 3 is 2.70 bits per heavy atom. The summed E-state index contributed by atoms with van der Waals surface area (Å²) in [5.41, 5.74) is 0.744. The molecule has 1 aromatic carbocycles. The second kappa shape index (κ2) is 5.05. The van der Waals surface area contributed by atoms with Gasteiger partial charge in [0.15, 0.2) is 5.82 Å². The summed E-state index contributed by atoms with van der Waals surface area (Å²) in [5, 5.41) is 18.4. The predicted octanol–water partition coefficient (Wildman–Crippen LogP) is 0.836. The Kier molecular flexibility index (Phi) is 3.23.